The van der Waals surface area contributed by atoms with Crippen LogP contribution in [0.3, 0.4) is 0 Å². The number of carbonyl (C=O) groups excluding carboxylic acids is 1. The molecule has 0 amide bonds. The molecule has 1 aliphatic rings. The van der Waals surface area contributed by atoms with Crippen molar-refractivity contribution in [3.8, 4) is 0 Å². The molecule has 0 saturated heterocycles. The molecule has 0 bridgehead atoms. The predicted molar refractivity (Wildman–Crippen MR) is 87.2 cm³/mol. The lowest BCUT2D eigenvalue weighted by atomic mass is 9.63. The van der Waals surface area contributed by atoms with Crippen LogP contribution in [0, 0.1) is 5.41 Å². The summed E-state index contributed by atoms with van der Waals surface area (Å²) in [5, 5.41) is 0. The Kier molecular flexibility index (Phi) is 5.96. The molecule has 2 rings (SSSR count). The van der Waals surface area contributed by atoms with Crippen LogP contribution in [0.1, 0.15) is 37.7 Å². The first-order chi connectivity index (χ1) is 10.5. The van der Waals surface area contributed by atoms with Crippen molar-refractivity contribution in [2.45, 2.75) is 38.5 Å². The van der Waals surface area contributed by atoms with Gasteiger partial charge >= 0.3 is 7.60 Å². The molecule has 1 aromatic carbocycles. The maximum Gasteiger partial charge on any atom is 0.337 e. The summed E-state index contributed by atoms with van der Waals surface area (Å²) in [4.78, 5) is 12.6. The van der Waals surface area contributed by atoms with E-state index in [2.05, 4.69) is 12.1 Å². The number of benzene rings is 1. The van der Waals surface area contributed by atoms with Gasteiger partial charge in [0.2, 0.25) is 0 Å². The van der Waals surface area contributed by atoms with Gasteiger partial charge in [-0.1, -0.05) is 36.8 Å². The monoisotopic (exact) mass is 324 g/mol. The molecule has 0 atom stereocenters. The minimum atomic E-state index is -3.25. The van der Waals surface area contributed by atoms with Crippen LogP contribution in [0.15, 0.2) is 30.3 Å². The zero-order valence-corrected chi connectivity index (χ0v) is 14.3. The average Bonchev–Trinajstić information content (AvgIpc) is 2.50. The molecule has 0 N–H and O–H groups in total. The maximum absolute atomic E-state index is 12.6. The molecule has 5 heteroatoms. The summed E-state index contributed by atoms with van der Waals surface area (Å²) in [6, 6.07) is 10.3. The van der Waals surface area contributed by atoms with Crippen molar-refractivity contribution in [2.75, 3.05) is 20.4 Å². The van der Waals surface area contributed by atoms with E-state index in [9.17, 15) is 9.36 Å². The van der Waals surface area contributed by atoms with E-state index in [4.69, 9.17) is 9.05 Å². The number of aryl methyl sites for hydroxylation is 1. The fourth-order valence-corrected chi connectivity index (χ4v) is 4.19. The van der Waals surface area contributed by atoms with Gasteiger partial charge in [0.25, 0.3) is 0 Å². The quantitative estimate of drug-likeness (QED) is 0.638. The molecule has 122 valence electrons. The highest BCUT2D eigenvalue weighted by molar-refractivity contribution is 7.54. The van der Waals surface area contributed by atoms with Gasteiger partial charge in [-0.3, -0.25) is 9.36 Å². The van der Waals surface area contributed by atoms with Gasteiger partial charge in [0, 0.05) is 19.6 Å². The van der Waals surface area contributed by atoms with E-state index in [0.717, 1.165) is 38.5 Å². The topological polar surface area (TPSA) is 52.6 Å². The van der Waals surface area contributed by atoms with Gasteiger partial charge in [0.15, 0.2) is 5.78 Å². The Morgan fingerprint density at radius 2 is 1.82 bits per heavy atom. The van der Waals surface area contributed by atoms with Crippen molar-refractivity contribution >= 4 is 13.4 Å². The van der Waals surface area contributed by atoms with E-state index in [0.29, 0.717) is 0 Å². The molecule has 0 unspecified atom stereocenters. The largest absolute Gasteiger partial charge is 0.337 e. The number of carbonyl (C=O) groups is 1. The van der Waals surface area contributed by atoms with E-state index >= 15 is 0 Å². The SMILES string of the molecule is COP(=O)(CC(=O)C1(CCCc2ccccc2)CCC1)OC. The van der Waals surface area contributed by atoms with Crippen LogP contribution in [-0.2, 0) is 24.8 Å². The molecular weight excluding hydrogens is 299 g/mol. The highest BCUT2D eigenvalue weighted by Gasteiger charge is 2.45. The van der Waals surface area contributed by atoms with Crippen LogP contribution in [-0.4, -0.2) is 26.2 Å². The first kappa shape index (κ1) is 17.4. The lowest BCUT2D eigenvalue weighted by Crippen LogP contribution is -2.40. The van der Waals surface area contributed by atoms with Crippen LogP contribution in [0.5, 0.6) is 0 Å². The Morgan fingerprint density at radius 3 is 2.32 bits per heavy atom. The third-order valence-electron chi connectivity index (χ3n) is 4.76. The van der Waals surface area contributed by atoms with Gasteiger partial charge in [-0.05, 0) is 37.7 Å². The summed E-state index contributed by atoms with van der Waals surface area (Å²) < 4.78 is 22.0. The van der Waals surface area contributed by atoms with Crippen molar-refractivity contribution in [3.63, 3.8) is 0 Å². The van der Waals surface area contributed by atoms with Gasteiger partial charge in [-0.2, -0.15) is 0 Å². The lowest BCUT2D eigenvalue weighted by Gasteiger charge is -2.41. The van der Waals surface area contributed by atoms with E-state index < -0.39 is 7.60 Å². The number of hydrogen-bond acceptors (Lipinski definition) is 4. The molecule has 1 fully saturated rings. The standard InChI is InChI=1S/C17H25O4P/c1-20-22(19,21-2)14-16(18)17(12-7-13-17)11-6-10-15-8-4-3-5-9-15/h3-5,8-9H,6-7,10-14H2,1-2H3. The van der Waals surface area contributed by atoms with Crippen LogP contribution in [0.4, 0.5) is 0 Å². The van der Waals surface area contributed by atoms with Gasteiger partial charge in [0.1, 0.15) is 6.16 Å². The molecule has 0 heterocycles. The summed E-state index contributed by atoms with van der Waals surface area (Å²) in [6.07, 6.45) is 5.56. The second kappa shape index (κ2) is 7.54. The first-order valence-electron chi connectivity index (χ1n) is 7.81. The molecule has 0 aliphatic heterocycles. The van der Waals surface area contributed by atoms with Gasteiger partial charge < -0.3 is 9.05 Å². The molecule has 22 heavy (non-hydrogen) atoms. The Morgan fingerprint density at radius 1 is 1.18 bits per heavy atom. The highest BCUT2D eigenvalue weighted by Crippen LogP contribution is 2.52. The normalized spacial score (nSPS) is 17.0. The molecule has 0 spiro atoms. The Bertz CT molecular complexity index is 529. The minimum absolute atomic E-state index is 0.0406. The van der Waals surface area contributed by atoms with E-state index in [1.807, 2.05) is 18.2 Å². The van der Waals surface area contributed by atoms with Crippen LogP contribution >= 0.6 is 7.60 Å². The first-order valence-corrected chi connectivity index (χ1v) is 9.54. The molecule has 0 aromatic heterocycles. The predicted octanol–water partition coefficient (Wildman–Crippen LogP) is 4.23. The van der Waals surface area contributed by atoms with E-state index in [-0.39, 0.29) is 17.4 Å². The highest BCUT2D eigenvalue weighted by atomic mass is 31.2. The number of rotatable bonds is 9. The van der Waals surface area contributed by atoms with Crippen molar-refractivity contribution in [2.24, 2.45) is 5.41 Å². The summed E-state index contributed by atoms with van der Waals surface area (Å²) in [6.45, 7) is 0. The fourth-order valence-electron chi connectivity index (χ4n) is 3.09. The van der Waals surface area contributed by atoms with Crippen molar-refractivity contribution < 1.29 is 18.4 Å². The number of ketones is 1. The third kappa shape index (κ3) is 4.07. The molecule has 0 radical (unpaired) electrons. The Balaban J connectivity index is 1.91. The Labute approximate surface area is 132 Å². The minimum Gasteiger partial charge on any atom is -0.312 e. The summed E-state index contributed by atoms with van der Waals surface area (Å²) in [5.74, 6) is 0.0406. The van der Waals surface area contributed by atoms with Crippen LogP contribution in [0.2, 0.25) is 0 Å². The summed E-state index contributed by atoms with van der Waals surface area (Å²) >= 11 is 0. The van der Waals surface area contributed by atoms with Crippen LogP contribution < -0.4 is 0 Å². The zero-order chi connectivity index (χ0) is 16.1. The van der Waals surface area contributed by atoms with Crippen molar-refractivity contribution in [1.82, 2.24) is 0 Å². The average molecular weight is 324 g/mol. The summed E-state index contributed by atoms with van der Waals surface area (Å²) in [5.41, 5.74) is 0.991. The second-order valence-electron chi connectivity index (χ2n) is 6.03. The summed E-state index contributed by atoms with van der Waals surface area (Å²) in [7, 11) is -0.585. The van der Waals surface area contributed by atoms with Gasteiger partial charge in [-0.25, -0.2) is 0 Å². The molecule has 1 aromatic rings. The van der Waals surface area contributed by atoms with Crippen molar-refractivity contribution in [1.29, 1.82) is 0 Å². The van der Waals surface area contributed by atoms with E-state index in [1.165, 1.54) is 19.8 Å². The number of Topliss-reactive ketones (excluding diaryl/α,β-unsaturated/α-hetero) is 1. The molecular formula is C17H25O4P. The number of hydrogen-bond donors (Lipinski definition) is 0. The smallest absolute Gasteiger partial charge is 0.312 e. The molecule has 1 aliphatic carbocycles. The maximum atomic E-state index is 12.6. The van der Waals surface area contributed by atoms with E-state index in [1.54, 1.807) is 0 Å². The van der Waals surface area contributed by atoms with Crippen LogP contribution in [0.25, 0.3) is 0 Å². The van der Waals surface area contributed by atoms with Gasteiger partial charge in [0.05, 0.1) is 0 Å². The second-order valence-corrected chi connectivity index (χ2v) is 8.30. The van der Waals surface area contributed by atoms with Gasteiger partial charge in [-0.15, -0.1) is 0 Å². The molecule has 4 nitrogen and oxygen atoms in total. The molecule has 1 saturated carbocycles. The third-order valence-corrected chi connectivity index (χ3v) is 6.55. The van der Waals surface area contributed by atoms with Crippen molar-refractivity contribution in [3.05, 3.63) is 35.9 Å². The lowest BCUT2D eigenvalue weighted by molar-refractivity contribution is -0.131. The fraction of sp³-hybridized carbons (Fsp3) is 0.588. The zero-order valence-electron chi connectivity index (χ0n) is 13.4. The Hall–Kier alpha value is -0.960.